The van der Waals surface area contributed by atoms with Gasteiger partial charge in [0.05, 0.1) is 0 Å². The third-order valence-corrected chi connectivity index (χ3v) is 0. The molecule has 6 heavy (non-hydrogen) atoms. The van der Waals surface area contributed by atoms with E-state index in [0.717, 1.165) is 0 Å². The summed E-state index contributed by atoms with van der Waals surface area (Å²) in [5.41, 5.74) is 0. The van der Waals surface area contributed by atoms with E-state index >= 15 is 0 Å². The topological polar surface area (TPSA) is 74.6 Å². The predicted molar refractivity (Wildman–Crippen MR) is 19.8 cm³/mol. The Bertz CT molecular complexity index is 94.9. The van der Waals surface area contributed by atoms with Gasteiger partial charge in [0.15, 0.2) is 0 Å². The zero-order valence-electron chi connectivity index (χ0n) is 3.12. The molecule has 0 aromatic carbocycles. The van der Waals surface area contributed by atoms with Crippen LogP contribution in [0.25, 0.3) is 0 Å². The van der Waals surface area contributed by atoms with E-state index in [-0.39, 0.29) is 52.8 Å². The van der Waals surface area contributed by atoms with Crippen molar-refractivity contribution in [1.82, 2.24) is 0 Å². The van der Waals surface area contributed by atoms with Gasteiger partial charge in [-0.25, -0.2) is 0 Å². The number of hydrogen-bond acceptors (Lipinski definition) is 2. The molecular formula is H4KO4Se+. The average Bonchev–Trinajstić information content (AvgIpc) is 0.722. The maximum atomic E-state index is 8.82. The molecule has 0 rings (SSSR count). The minimum absolute atomic E-state index is 0. The van der Waals surface area contributed by atoms with Gasteiger partial charge >= 0.3 is 82.2 Å². The fourth-order valence-electron chi connectivity index (χ4n) is 0. The third kappa shape index (κ3) is 44.2. The monoisotopic (exact) mass is 187 g/mol. The molecule has 0 heterocycles. The molecule has 0 atom stereocenters. The van der Waals surface area contributed by atoms with Crippen molar-refractivity contribution in [2.24, 2.45) is 0 Å². The van der Waals surface area contributed by atoms with E-state index in [1.165, 1.54) is 0 Å². The second kappa shape index (κ2) is 3.65. The molecular weight excluding hydrogens is 182 g/mol. The Kier molecular flexibility index (Phi) is 6.46. The summed E-state index contributed by atoms with van der Waals surface area (Å²) in [5.74, 6) is 0. The second-order valence-corrected chi connectivity index (χ2v) is 2.33. The Balaban J connectivity index is -0.0000000800. The van der Waals surface area contributed by atoms with Crippen LogP contribution >= 0.6 is 0 Å². The molecule has 0 fully saturated rings. The summed E-state index contributed by atoms with van der Waals surface area (Å²) in [7, 11) is 0. The SMILES string of the molecule is O=[Se](=O)(O)O.[H+].[KH]. The summed E-state index contributed by atoms with van der Waals surface area (Å²) in [6, 6.07) is 0. The molecule has 34 valence electrons. The van der Waals surface area contributed by atoms with E-state index < -0.39 is 13.4 Å². The summed E-state index contributed by atoms with van der Waals surface area (Å²) >= 11 is -5.25. The molecule has 0 saturated carbocycles. The summed E-state index contributed by atoms with van der Waals surface area (Å²) in [6.45, 7) is 0. The van der Waals surface area contributed by atoms with Crippen molar-refractivity contribution < 1.29 is 17.5 Å². The molecule has 0 radical (unpaired) electrons. The zero-order chi connectivity index (χ0) is 4.50. The fourth-order valence-corrected chi connectivity index (χ4v) is 0. The number of hydrogen-bond donors (Lipinski definition) is 2. The van der Waals surface area contributed by atoms with Gasteiger partial charge in [-0.05, 0) is 0 Å². The molecule has 0 amide bonds. The summed E-state index contributed by atoms with van der Waals surface area (Å²) < 4.78 is 31.9. The van der Waals surface area contributed by atoms with Gasteiger partial charge < -0.3 is 0 Å². The van der Waals surface area contributed by atoms with Crippen molar-refractivity contribution in [3.63, 3.8) is 0 Å². The Morgan fingerprint density at radius 2 is 1.33 bits per heavy atom. The standard InChI is InChI=1S/K.H2O4Se.H/c;1-5(2,3)4;/h;(H2,1,2,3,4);/p+1. The van der Waals surface area contributed by atoms with Crippen molar-refractivity contribution in [3.8, 4) is 0 Å². The second-order valence-electron chi connectivity index (χ2n) is 0.448. The fraction of sp³-hybridized carbons (Fsp3) is 0. The summed E-state index contributed by atoms with van der Waals surface area (Å²) in [6.07, 6.45) is 0. The van der Waals surface area contributed by atoms with Gasteiger partial charge in [-0.2, -0.15) is 0 Å². The molecule has 6 heteroatoms. The first-order valence-electron chi connectivity index (χ1n) is 0.698. The van der Waals surface area contributed by atoms with Crippen LogP contribution in [0.3, 0.4) is 0 Å². The van der Waals surface area contributed by atoms with E-state index in [1.54, 1.807) is 0 Å². The van der Waals surface area contributed by atoms with Gasteiger partial charge in [0.2, 0.25) is 0 Å². The first-order chi connectivity index (χ1) is 2.00. The van der Waals surface area contributed by atoms with Crippen LogP contribution in [0.5, 0.6) is 0 Å². The molecule has 0 aliphatic carbocycles. The van der Waals surface area contributed by atoms with Gasteiger partial charge in [0.1, 0.15) is 0 Å². The molecule has 0 saturated heterocycles. The van der Waals surface area contributed by atoms with Crippen LogP contribution in [0, 0.1) is 0 Å². The third-order valence-electron chi connectivity index (χ3n) is 0. The van der Waals surface area contributed by atoms with E-state index in [2.05, 4.69) is 0 Å². The van der Waals surface area contributed by atoms with Gasteiger partial charge in [0, 0.05) is 0 Å². The zero-order valence-corrected chi connectivity index (χ0v) is 3.83. The molecule has 0 unspecified atom stereocenters. The molecule has 0 spiro atoms. The van der Waals surface area contributed by atoms with E-state index in [0.29, 0.717) is 0 Å². The minimum atomic E-state index is -5.25. The molecule has 0 aliphatic heterocycles. The van der Waals surface area contributed by atoms with E-state index in [4.69, 9.17) is 16.0 Å². The number of rotatable bonds is 0. The van der Waals surface area contributed by atoms with Gasteiger partial charge in [-0.3, -0.25) is 0 Å². The van der Waals surface area contributed by atoms with Crippen molar-refractivity contribution >= 4 is 64.8 Å². The van der Waals surface area contributed by atoms with Crippen LogP contribution in [0.1, 0.15) is 1.43 Å². The predicted octanol–water partition coefficient (Wildman–Crippen LogP) is -2.27. The first-order valence-corrected chi connectivity index (χ1v) is 3.63. The van der Waals surface area contributed by atoms with Crippen LogP contribution in [0.15, 0.2) is 0 Å². The van der Waals surface area contributed by atoms with Crippen LogP contribution in [0.2, 0.25) is 0 Å². The molecule has 0 aliphatic rings. The van der Waals surface area contributed by atoms with Crippen LogP contribution in [-0.2, 0) is 7.67 Å². The van der Waals surface area contributed by atoms with Crippen LogP contribution in [-0.4, -0.2) is 73.1 Å². The molecule has 2 N–H and O–H groups in total. The Hall–Kier alpha value is 1.68. The Morgan fingerprint density at radius 3 is 1.33 bits per heavy atom. The normalized spacial score (nSPS) is 9.67. The Labute approximate surface area is 80.7 Å². The molecule has 0 aromatic heterocycles. The van der Waals surface area contributed by atoms with E-state index in [1.807, 2.05) is 0 Å². The molecule has 0 bridgehead atoms. The van der Waals surface area contributed by atoms with E-state index in [9.17, 15) is 0 Å². The summed E-state index contributed by atoms with van der Waals surface area (Å²) in [4.78, 5) is 0. The first kappa shape index (κ1) is 10.6. The van der Waals surface area contributed by atoms with Crippen molar-refractivity contribution in [3.05, 3.63) is 0 Å². The average molecular weight is 186 g/mol. The molecule has 0 aromatic rings. The van der Waals surface area contributed by atoms with Gasteiger partial charge in [-0.1, -0.05) is 0 Å². The van der Waals surface area contributed by atoms with Gasteiger partial charge in [0.25, 0.3) is 0 Å². The van der Waals surface area contributed by atoms with Crippen molar-refractivity contribution in [2.45, 2.75) is 0 Å². The van der Waals surface area contributed by atoms with Crippen molar-refractivity contribution in [1.29, 1.82) is 0 Å². The maximum absolute atomic E-state index is 8.82. The Morgan fingerprint density at radius 1 is 1.33 bits per heavy atom. The van der Waals surface area contributed by atoms with Crippen molar-refractivity contribution in [2.75, 3.05) is 0 Å². The van der Waals surface area contributed by atoms with Crippen LogP contribution < -0.4 is 0 Å². The van der Waals surface area contributed by atoms with Gasteiger partial charge in [-0.15, -0.1) is 0 Å². The molecule has 4 nitrogen and oxygen atoms in total. The summed E-state index contributed by atoms with van der Waals surface area (Å²) in [5, 5.41) is 0. The van der Waals surface area contributed by atoms with Crippen LogP contribution in [0.4, 0.5) is 0 Å². The quantitative estimate of drug-likeness (QED) is 0.418.